The summed E-state index contributed by atoms with van der Waals surface area (Å²) in [6.07, 6.45) is 7.01. The molecule has 4 bridgehead atoms. The Balaban J connectivity index is 1.48. The van der Waals surface area contributed by atoms with E-state index in [4.69, 9.17) is 0 Å². The molecule has 4 saturated carbocycles. The second kappa shape index (κ2) is 6.96. The van der Waals surface area contributed by atoms with Crippen molar-refractivity contribution in [1.29, 1.82) is 0 Å². The number of benzene rings is 1. The lowest BCUT2D eigenvalue weighted by Gasteiger charge is -2.55. The Labute approximate surface area is 162 Å². The van der Waals surface area contributed by atoms with Crippen molar-refractivity contribution in [1.82, 2.24) is 5.32 Å². The summed E-state index contributed by atoms with van der Waals surface area (Å²) in [5, 5.41) is 6.18. The van der Waals surface area contributed by atoms with Gasteiger partial charge in [0.25, 0.3) is 0 Å². The predicted molar refractivity (Wildman–Crippen MR) is 107 cm³/mol. The minimum atomic E-state index is -0.495. The van der Waals surface area contributed by atoms with Gasteiger partial charge in [0.15, 0.2) is 0 Å². The quantitative estimate of drug-likeness (QED) is 0.814. The van der Waals surface area contributed by atoms with E-state index in [2.05, 4.69) is 10.6 Å². The molecule has 1 aromatic carbocycles. The van der Waals surface area contributed by atoms with E-state index in [1.54, 1.807) is 0 Å². The summed E-state index contributed by atoms with van der Waals surface area (Å²) in [4.78, 5) is 26.3. The van der Waals surface area contributed by atoms with Crippen LogP contribution in [0.1, 0.15) is 57.9 Å². The third-order valence-electron chi connectivity index (χ3n) is 7.16. The zero-order valence-corrected chi connectivity index (χ0v) is 16.8. The summed E-state index contributed by atoms with van der Waals surface area (Å²) >= 11 is 0. The first kappa shape index (κ1) is 18.5. The normalized spacial score (nSPS) is 32.4. The fourth-order valence-electron chi connectivity index (χ4n) is 6.14. The summed E-state index contributed by atoms with van der Waals surface area (Å²) in [6.45, 7) is 5.98. The van der Waals surface area contributed by atoms with E-state index < -0.39 is 6.04 Å². The fraction of sp³-hybridized carbons (Fsp3) is 0.652. The lowest BCUT2D eigenvalue weighted by molar-refractivity contribution is -0.148. The van der Waals surface area contributed by atoms with Crippen LogP contribution in [0.3, 0.4) is 0 Å². The second-order valence-corrected chi connectivity index (χ2v) is 9.70. The van der Waals surface area contributed by atoms with E-state index in [1.165, 1.54) is 19.3 Å². The molecule has 0 heterocycles. The highest BCUT2D eigenvalue weighted by Crippen LogP contribution is 2.60. The van der Waals surface area contributed by atoms with Crippen LogP contribution in [0, 0.1) is 36.0 Å². The number of nitrogens with one attached hydrogen (secondary N) is 2. The molecule has 5 rings (SSSR count). The third kappa shape index (κ3) is 3.51. The molecule has 0 radical (unpaired) electrons. The number of amides is 2. The third-order valence-corrected chi connectivity index (χ3v) is 7.16. The summed E-state index contributed by atoms with van der Waals surface area (Å²) in [5.41, 5.74) is 1.63. The van der Waals surface area contributed by atoms with Crippen molar-refractivity contribution < 1.29 is 9.59 Å². The molecule has 0 unspecified atom stereocenters. The first-order valence-electron chi connectivity index (χ1n) is 10.5. The summed E-state index contributed by atoms with van der Waals surface area (Å²) in [7, 11) is 0. The van der Waals surface area contributed by atoms with Gasteiger partial charge >= 0.3 is 0 Å². The smallest absolute Gasteiger partial charge is 0.247 e. The van der Waals surface area contributed by atoms with Gasteiger partial charge in [-0.25, -0.2) is 0 Å². The molecule has 0 aromatic heterocycles. The predicted octanol–water partition coefficient (Wildman–Crippen LogP) is 4.29. The number of hydrogen-bond donors (Lipinski definition) is 2. The van der Waals surface area contributed by atoms with Gasteiger partial charge in [-0.05, 0) is 80.8 Å². The lowest BCUT2D eigenvalue weighted by atomic mass is 9.49. The number of rotatable bonds is 5. The zero-order valence-electron chi connectivity index (χ0n) is 16.8. The van der Waals surface area contributed by atoms with Crippen LogP contribution in [-0.4, -0.2) is 17.9 Å². The molecule has 4 aliphatic carbocycles. The first-order valence-corrected chi connectivity index (χ1v) is 10.5. The van der Waals surface area contributed by atoms with Gasteiger partial charge in [-0.2, -0.15) is 0 Å². The average Bonchev–Trinajstić information content (AvgIpc) is 2.59. The summed E-state index contributed by atoms with van der Waals surface area (Å²) < 4.78 is 0. The van der Waals surface area contributed by atoms with Crippen LogP contribution in [0.5, 0.6) is 0 Å². The van der Waals surface area contributed by atoms with Crippen LogP contribution >= 0.6 is 0 Å². The molecule has 1 atom stereocenters. The van der Waals surface area contributed by atoms with E-state index in [0.717, 1.165) is 48.3 Å². The van der Waals surface area contributed by atoms with E-state index in [0.29, 0.717) is 0 Å². The molecule has 4 aliphatic rings. The molecule has 4 heteroatoms. The SMILES string of the molecule is Cc1ccccc1NC(=O)[C@@H](NC(=O)C12CC3CC(CC(C3)C1)C2)C(C)C. The van der Waals surface area contributed by atoms with Crippen molar-refractivity contribution in [2.24, 2.45) is 29.1 Å². The molecule has 2 amide bonds. The number of carbonyl (C=O) groups excluding carboxylic acids is 2. The first-order chi connectivity index (χ1) is 12.9. The van der Waals surface area contributed by atoms with E-state index in [-0.39, 0.29) is 23.1 Å². The van der Waals surface area contributed by atoms with Gasteiger partial charge in [-0.3, -0.25) is 9.59 Å². The van der Waals surface area contributed by atoms with Crippen molar-refractivity contribution >= 4 is 17.5 Å². The van der Waals surface area contributed by atoms with Gasteiger partial charge < -0.3 is 10.6 Å². The molecular weight excluding hydrogens is 336 g/mol. The molecule has 0 saturated heterocycles. The maximum Gasteiger partial charge on any atom is 0.247 e. The zero-order chi connectivity index (χ0) is 19.2. The van der Waals surface area contributed by atoms with Gasteiger partial charge in [-0.1, -0.05) is 32.0 Å². The molecular formula is C23H32N2O2. The maximum absolute atomic E-state index is 13.3. The number of hydrogen-bond acceptors (Lipinski definition) is 2. The van der Waals surface area contributed by atoms with Crippen molar-refractivity contribution in [2.75, 3.05) is 5.32 Å². The van der Waals surface area contributed by atoms with E-state index in [1.807, 2.05) is 45.0 Å². The maximum atomic E-state index is 13.3. The Bertz CT molecular complexity index is 704. The van der Waals surface area contributed by atoms with Gasteiger partial charge in [0.2, 0.25) is 11.8 Å². The van der Waals surface area contributed by atoms with Crippen molar-refractivity contribution in [2.45, 2.75) is 65.3 Å². The number of para-hydroxylation sites is 1. The molecule has 27 heavy (non-hydrogen) atoms. The molecule has 4 fully saturated rings. The van der Waals surface area contributed by atoms with Crippen LogP contribution in [0.15, 0.2) is 24.3 Å². The van der Waals surface area contributed by atoms with E-state index >= 15 is 0 Å². The molecule has 1 aromatic rings. The standard InChI is InChI=1S/C23H32N2O2/c1-14(2)20(21(26)24-19-7-5-4-6-15(19)3)25-22(27)23-11-16-8-17(12-23)10-18(9-16)13-23/h4-7,14,16-18,20H,8-13H2,1-3H3,(H,24,26)(H,25,27)/t16?,17?,18?,20-,23?/m0/s1. The lowest BCUT2D eigenvalue weighted by Crippen LogP contribution is -2.57. The van der Waals surface area contributed by atoms with Crippen LogP contribution in [0.2, 0.25) is 0 Å². The Morgan fingerprint density at radius 2 is 1.56 bits per heavy atom. The van der Waals surface area contributed by atoms with Crippen molar-refractivity contribution in [3.05, 3.63) is 29.8 Å². The number of aryl methyl sites for hydroxylation is 1. The Morgan fingerprint density at radius 3 is 2.07 bits per heavy atom. The van der Waals surface area contributed by atoms with Crippen LogP contribution < -0.4 is 10.6 Å². The van der Waals surface area contributed by atoms with Gasteiger partial charge in [0, 0.05) is 11.1 Å². The topological polar surface area (TPSA) is 58.2 Å². The highest BCUT2D eigenvalue weighted by molar-refractivity contribution is 5.98. The highest BCUT2D eigenvalue weighted by Gasteiger charge is 2.55. The number of anilines is 1. The fourth-order valence-corrected chi connectivity index (χ4v) is 6.14. The molecule has 0 spiro atoms. The molecule has 2 N–H and O–H groups in total. The summed E-state index contributed by atoms with van der Waals surface area (Å²) in [5.74, 6) is 2.23. The Hall–Kier alpha value is -1.84. The van der Waals surface area contributed by atoms with Gasteiger partial charge in [0.05, 0.1) is 0 Å². The minimum absolute atomic E-state index is 0.0480. The van der Waals surface area contributed by atoms with Crippen molar-refractivity contribution in [3.8, 4) is 0 Å². The van der Waals surface area contributed by atoms with E-state index in [9.17, 15) is 9.59 Å². The highest BCUT2D eigenvalue weighted by atomic mass is 16.2. The van der Waals surface area contributed by atoms with Crippen LogP contribution in [-0.2, 0) is 9.59 Å². The second-order valence-electron chi connectivity index (χ2n) is 9.70. The Kier molecular flexibility index (Phi) is 4.77. The Morgan fingerprint density at radius 1 is 1.00 bits per heavy atom. The monoisotopic (exact) mass is 368 g/mol. The van der Waals surface area contributed by atoms with Gasteiger partial charge in [-0.15, -0.1) is 0 Å². The molecule has 146 valence electrons. The number of carbonyl (C=O) groups is 2. The van der Waals surface area contributed by atoms with Gasteiger partial charge in [0.1, 0.15) is 6.04 Å². The minimum Gasteiger partial charge on any atom is -0.344 e. The van der Waals surface area contributed by atoms with Crippen LogP contribution in [0.4, 0.5) is 5.69 Å². The van der Waals surface area contributed by atoms with Crippen LogP contribution in [0.25, 0.3) is 0 Å². The molecule has 0 aliphatic heterocycles. The summed E-state index contributed by atoms with van der Waals surface area (Å²) in [6, 6.07) is 7.27. The van der Waals surface area contributed by atoms with Crippen molar-refractivity contribution in [3.63, 3.8) is 0 Å². The molecule has 4 nitrogen and oxygen atoms in total. The largest absolute Gasteiger partial charge is 0.344 e. The average molecular weight is 369 g/mol.